The molecule has 6 nitrogen and oxygen atoms in total. The molecular weight excluding hydrogens is 284 g/mol. The lowest BCUT2D eigenvalue weighted by Gasteiger charge is -2.21. The maximum absolute atomic E-state index is 12.1. The summed E-state index contributed by atoms with van der Waals surface area (Å²) in [6.45, 7) is 5.53. The molecule has 0 bridgehead atoms. The van der Waals surface area contributed by atoms with Gasteiger partial charge in [0.2, 0.25) is 12.7 Å². The van der Waals surface area contributed by atoms with Gasteiger partial charge in [0.25, 0.3) is 0 Å². The van der Waals surface area contributed by atoms with E-state index in [-0.39, 0.29) is 12.7 Å². The number of rotatable bonds is 7. The molecule has 0 aromatic heterocycles. The average molecular weight is 304 g/mol. The van der Waals surface area contributed by atoms with Crippen LogP contribution in [0.3, 0.4) is 0 Å². The van der Waals surface area contributed by atoms with Crippen LogP contribution >= 0.6 is 0 Å². The number of carbonyl (C=O) groups is 1. The van der Waals surface area contributed by atoms with Crippen LogP contribution in [0.2, 0.25) is 0 Å². The number of nitriles is 1. The summed E-state index contributed by atoms with van der Waals surface area (Å²) in [6, 6.07) is 7.37. The van der Waals surface area contributed by atoms with Gasteiger partial charge in [-0.25, -0.2) is 0 Å². The lowest BCUT2D eigenvalue weighted by Crippen LogP contribution is -2.36. The summed E-state index contributed by atoms with van der Waals surface area (Å²) in [5.41, 5.74) is 0. The van der Waals surface area contributed by atoms with Crippen molar-refractivity contribution in [2.75, 3.05) is 26.5 Å². The zero-order valence-corrected chi connectivity index (χ0v) is 12.9. The molecule has 6 heteroatoms. The fraction of sp³-hybridized carbons (Fsp3) is 0.500. The average Bonchev–Trinajstić information content (AvgIpc) is 3.00. The third kappa shape index (κ3) is 3.61. The second-order valence-corrected chi connectivity index (χ2v) is 4.84. The van der Waals surface area contributed by atoms with E-state index in [0.29, 0.717) is 43.4 Å². The number of hydrogen-bond acceptors (Lipinski definition) is 5. The predicted molar refractivity (Wildman–Crippen MR) is 79.7 cm³/mol. The molecule has 1 amide bonds. The van der Waals surface area contributed by atoms with Crippen LogP contribution < -0.4 is 14.2 Å². The first kappa shape index (κ1) is 16.0. The molecule has 22 heavy (non-hydrogen) atoms. The van der Waals surface area contributed by atoms with Crippen LogP contribution in [0.15, 0.2) is 18.2 Å². The number of benzene rings is 1. The van der Waals surface area contributed by atoms with Gasteiger partial charge in [-0.15, -0.1) is 0 Å². The summed E-state index contributed by atoms with van der Waals surface area (Å²) in [6.07, 6.45) is 0.361. The zero-order valence-electron chi connectivity index (χ0n) is 12.9. The quantitative estimate of drug-likeness (QED) is 0.772. The van der Waals surface area contributed by atoms with E-state index < -0.39 is 5.92 Å². The van der Waals surface area contributed by atoms with Gasteiger partial charge in [-0.1, -0.05) is 0 Å². The fourth-order valence-corrected chi connectivity index (χ4v) is 2.26. The van der Waals surface area contributed by atoms with Gasteiger partial charge in [0.05, 0.1) is 12.7 Å². The summed E-state index contributed by atoms with van der Waals surface area (Å²) in [5.74, 6) is 1.17. The molecule has 118 valence electrons. The van der Waals surface area contributed by atoms with Gasteiger partial charge in [0.1, 0.15) is 11.7 Å². The largest absolute Gasteiger partial charge is 0.493 e. The third-order valence-corrected chi connectivity index (χ3v) is 3.55. The molecule has 1 aliphatic heterocycles. The van der Waals surface area contributed by atoms with E-state index >= 15 is 0 Å². The van der Waals surface area contributed by atoms with E-state index in [0.717, 1.165) is 0 Å². The molecule has 0 N–H and O–H groups in total. The first-order valence-corrected chi connectivity index (χ1v) is 7.40. The van der Waals surface area contributed by atoms with Crippen molar-refractivity contribution < 1.29 is 19.0 Å². The van der Waals surface area contributed by atoms with Crippen molar-refractivity contribution in [2.45, 2.75) is 20.3 Å². The van der Waals surface area contributed by atoms with E-state index in [1.54, 1.807) is 23.1 Å². The van der Waals surface area contributed by atoms with Crippen molar-refractivity contribution in [1.29, 1.82) is 5.26 Å². The van der Waals surface area contributed by atoms with E-state index in [1.807, 2.05) is 13.8 Å². The van der Waals surface area contributed by atoms with Crippen LogP contribution in [-0.2, 0) is 4.79 Å². The van der Waals surface area contributed by atoms with Gasteiger partial charge >= 0.3 is 0 Å². The van der Waals surface area contributed by atoms with Gasteiger partial charge in [-0.2, -0.15) is 5.26 Å². The molecule has 0 aliphatic carbocycles. The molecule has 0 spiro atoms. The number of fused-ring (bicyclic) bond motifs is 1. The van der Waals surface area contributed by atoms with Crippen molar-refractivity contribution in [3.63, 3.8) is 0 Å². The molecule has 2 rings (SSSR count). The lowest BCUT2D eigenvalue weighted by molar-refractivity contribution is -0.133. The topological polar surface area (TPSA) is 71.8 Å². The molecule has 1 heterocycles. The summed E-state index contributed by atoms with van der Waals surface area (Å²) in [7, 11) is 0. The maximum atomic E-state index is 12.1. The Hall–Kier alpha value is -2.42. The Labute approximate surface area is 130 Å². The van der Waals surface area contributed by atoms with Crippen molar-refractivity contribution >= 4 is 5.91 Å². The summed E-state index contributed by atoms with van der Waals surface area (Å²) in [5, 5.41) is 9.17. The highest BCUT2D eigenvalue weighted by atomic mass is 16.7. The van der Waals surface area contributed by atoms with Crippen molar-refractivity contribution in [3.8, 4) is 23.3 Å². The predicted octanol–water partition coefficient (Wildman–Crippen LogP) is 2.19. The highest BCUT2D eigenvalue weighted by molar-refractivity contribution is 5.81. The van der Waals surface area contributed by atoms with E-state index in [2.05, 4.69) is 6.07 Å². The normalized spacial score (nSPS) is 13.3. The van der Waals surface area contributed by atoms with Crippen molar-refractivity contribution in [1.82, 2.24) is 4.90 Å². The summed E-state index contributed by atoms with van der Waals surface area (Å²) < 4.78 is 16.1. The van der Waals surface area contributed by atoms with E-state index in [9.17, 15) is 10.1 Å². The Kier molecular flexibility index (Phi) is 5.48. The second-order valence-electron chi connectivity index (χ2n) is 4.84. The monoisotopic (exact) mass is 304 g/mol. The van der Waals surface area contributed by atoms with Crippen LogP contribution in [0.25, 0.3) is 0 Å². The smallest absolute Gasteiger partial charge is 0.240 e. The fourth-order valence-electron chi connectivity index (χ4n) is 2.26. The van der Waals surface area contributed by atoms with Crippen LogP contribution in [0.4, 0.5) is 0 Å². The van der Waals surface area contributed by atoms with Crippen LogP contribution in [-0.4, -0.2) is 37.3 Å². The molecule has 1 atom stereocenters. The maximum Gasteiger partial charge on any atom is 0.240 e. The second kappa shape index (κ2) is 7.55. The number of ether oxygens (including phenoxy) is 3. The Morgan fingerprint density at radius 1 is 1.36 bits per heavy atom. The van der Waals surface area contributed by atoms with Crippen LogP contribution in [0.5, 0.6) is 17.2 Å². The number of nitrogens with zero attached hydrogens (tertiary/aromatic N) is 2. The Balaban J connectivity index is 1.86. The Bertz CT molecular complexity index is 564. The molecule has 1 aromatic rings. The molecule has 1 aliphatic rings. The van der Waals surface area contributed by atoms with Crippen molar-refractivity contribution in [3.05, 3.63) is 18.2 Å². The molecular formula is C16H20N2O4. The molecule has 1 unspecified atom stereocenters. The minimum atomic E-state index is -0.672. The first-order chi connectivity index (χ1) is 10.7. The lowest BCUT2D eigenvalue weighted by atomic mass is 10.1. The minimum absolute atomic E-state index is 0.137. The molecule has 0 saturated carbocycles. The van der Waals surface area contributed by atoms with E-state index in [4.69, 9.17) is 14.2 Å². The van der Waals surface area contributed by atoms with Crippen molar-refractivity contribution in [2.24, 2.45) is 5.92 Å². The van der Waals surface area contributed by atoms with Gasteiger partial charge in [-0.3, -0.25) is 4.79 Å². The van der Waals surface area contributed by atoms with Gasteiger partial charge in [0.15, 0.2) is 11.5 Å². The number of amides is 1. The van der Waals surface area contributed by atoms with Crippen LogP contribution in [0.1, 0.15) is 20.3 Å². The van der Waals surface area contributed by atoms with Gasteiger partial charge < -0.3 is 19.1 Å². The molecule has 0 fully saturated rings. The molecule has 0 saturated heterocycles. The number of hydrogen-bond donors (Lipinski definition) is 0. The SMILES string of the molecule is CCN(CC)C(=O)C(C#N)CCOc1ccc2c(c1)OCO2. The zero-order chi connectivity index (χ0) is 15.9. The van der Waals surface area contributed by atoms with E-state index in [1.165, 1.54) is 0 Å². The van der Waals surface area contributed by atoms with Gasteiger partial charge in [-0.05, 0) is 26.0 Å². The Morgan fingerprint density at radius 3 is 2.77 bits per heavy atom. The highest BCUT2D eigenvalue weighted by Gasteiger charge is 2.22. The molecule has 0 radical (unpaired) electrons. The molecule has 1 aromatic carbocycles. The van der Waals surface area contributed by atoms with Gasteiger partial charge in [0, 0.05) is 25.6 Å². The first-order valence-electron chi connectivity index (χ1n) is 7.40. The highest BCUT2D eigenvalue weighted by Crippen LogP contribution is 2.35. The third-order valence-electron chi connectivity index (χ3n) is 3.55. The van der Waals surface area contributed by atoms with Crippen LogP contribution in [0, 0.1) is 17.2 Å². The number of carbonyl (C=O) groups excluding carboxylic acids is 1. The minimum Gasteiger partial charge on any atom is -0.493 e. The summed E-state index contributed by atoms with van der Waals surface area (Å²) in [4.78, 5) is 13.8. The standard InChI is InChI=1S/C16H20N2O4/c1-3-18(4-2)16(19)12(10-17)7-8-20-13-5-6-14-15(9-13)22-11-21-14/h5-6,9,12H,3-4,7-8,11H2,1-2H3. The summed E-state index contributed by atoms with van der Waals surface area (Å²) >= 11 is 0. The Morgan fingerprint density at radius 2 is 2.09 bits per heavy atom.